The maximum absolute atomic E-state index is 10.4. The lowest BCUT2D eigenvalue weighted by atomic mass is 10.1. The number of benzene rings is 1. The maximum atomic E-state index is 10.4. The van der Waals surface area contributed by atoms with Crippen molar-refractivity contribution in [1.29, 1.82) is 0 Å². The molecule has 0 aliphatic heterocycles. The summed E-state index contributed by atoms with van der Waals surface area (Å²) in [5.74, 6) is 2.03. The van der Waals surface area contributed by atoms with Crippen molar-refractivity contribution in [2.45, 2.75) is 12.5 Å². The molecule has 0 radical (unpaired) electrons. The van der Waals surface area contributed by atoms with Crippen molar-refractivity contribution in [2.75, 3.05) is 23.9 Å². The molecular formula is C18H20N4OS. The minimum absolute atomic E-state index is 0.421. The Balaban J connectivity index is 1.99. The van der Waals surface area contributed by atoms with Gasteiger partial charge in [-0.1, -0.05) is 12.1 Å². The smallest absolute Gasteiger partial charge is 0.162 e. The second-order valence-corrected chi connectivity index (χ2v) is 6.80. The van der Waals surface area contributed by atoms with Gasteiger partial charge in [-0.05, 0) is 37.4 Å². The minimum Gasteiger partial charge on any atom is -0.387 e. The van der Waals surface area contributed by atoms with Crippen LogP contribution in [0.2, 0.25) is 0 Å². The summed E-state index contributed by atoms with van der Waals surface area (Å²) in [6, 6.07) is 11.6. The van der Waals surface area contributed by atoms with E-state index in [1.165, 1.54) is 0 Å². The van der Waals surface area contributed by atoms with E-state index in [0.717, 1.165) is 22.3 Å². The van der Waals surface area contributed by atoms with Crippen LogP contribution in [0.15, 0.2) is 48.8 Å². The van der Waals surface area contributed by atoms with Crippen LogP contribution in [0.25, 0.3) is 22.3 Å². The largest absolute Gasteiger partial charge is 0.387 e. The fourth-order valence-corrected chi connectivity index (χ4v) is 3.20. The number of nitrogens with zero attached hydrogens (tertiary/aromatic N) is 3. The average Bonchev–Trinajstić information content (AvgIpc) is 2.60. The first kappa shape index (κ1) is 16.7. The number of pyridine rings is 1. The van der Waals surface area contributed by atoms with E-state index in [1.54, 1.807) is 24.2 Å². The zero-order valence-electron chi connectivity index (χ0n) is 13.7. The summed E-state index contributed by atoms with van der Waals surface area (Å²) < 4.78 is 0. The van der Waals surface area contributed by atoms with Gasteiger partial charge < -0.3 is 10.4 Å². The number of aromatic nitrogens is 3. The molecule has 0 amide bonds. The molecule has 1 aromatic carbocycles. The summed E-state index contributed by atoms with van der Waals surface area (Å²) >= 11 is 1.62. The van der Waals surface area contributed by atoms with Crippen LogP contribution < -0.4 is 5.32 Å². The average molecular weight is 340 g/mol. The van der Waals surface area contributed by atoms with Crippen LogP contribution in [0, 0.1) is 0 Å². The lowest BCUT2D eigenvalue weighted by molar-refractivity contribution is 0.0996. The Morgan fingerprint density at radius 1 is 1.12 bits per heavy atom. The fraction of sp³-hybridized carbons (Fsp3) is 0.278. The first-order valence-electron chi connectivity index (χ1n) is 7.71. The van der Waals surface area contributed by atoms with Gasteiger partial charge in [0, 0.05) is 35.6 Å². The van der Waals surface area contributed by atoms with Crippen LogP contribution in [-0.2, 0) is 0 Å². The molecule has 1 atom stereocenters. The second kappa shape index (κ2) is 7.15. The molecule has 0 bridgehead atoms. The van der Waals surface area contributed by atoms with E-state index in [1.807, 2.05) is 49.6 Å². The quantitative estimate of drug-likeness (QED) is 0.718. The third kappa shape index (κ3) is 3.83. The van der Waals surface area contributed by atoms with Gasteiger partial charge in [0.1, 0.15) is 5.82 Å². The van der Waals surface area contributed by atoms with Gasteiger partial charge in [0.15, 0.2) is 5.82 Å². The SMILES string of the molecule is CSCC(C)(O)CNc1nc(-c2ccncc2)nc2ccccc12. The molecule has 3 rings (SSSR count). The van der Waals surface area contributed by atoms with Crippen molar-refractivity contribution in [3.05, 3.63) is 48.8 Å². The molecule has 0 aliphatic carbocycles. The predicted octanol–water partition coefficient (Wildman–Crippen LogP) is 3.22. The van der Waals surface area contributed by atoms with Crippen LogP contribution in [0.3, 0.4) is 0 Å². The second-order valence-electron chi connectivity index (χ2n) is 5.93. The van der Waals surface area contributed by atoms with Crippen LogP contribution in [-0.4, -0.2) is 44.2 Å². The summed E-state index contributed by atoms with van der Waals surface area (Å²) in [5, 5.41) is 14.6. The predicted molar refractivity (Wildman–Crippen MR) is 100 cm³/mol. The van der Waals surface area contributed by atoms with E-state index in [9.17, 15) is 5.11 Å². The highest BCUT2D eigenvalue weighted by Gasteiger charge is 2.20. The molecule has 1 unspecified atom stereocenters. The van der Waals surface area contributed by atoms with E-state index >= 15 is 0 Å². The Morgan fingerprint density at radius 2 is 1.88 bits per heavy atom. The number of fused-ring (bicyclic) bond motifs is 1. The van der Waals surface area contributed by atoms with Gasteiger partial charge in [0.25, 0.3) is 0 Å². The monoisotopic (exact) mass is 340 g/mol. The Bertz CT molecular complexity index is 824. The Kier molecular flexibility index (Phi) is 4.97. The molecule has 2 aromatic heterocycles. The molecule has 0 aliphatic rings. The van der Waals surface area contributed by atoms with E-state index in [2.05, 4.69) is 20.3 Å². The number of nitrogens with one attached hydrogen (secondary N) is 1. The molecule has 5 nitrogen and oxygen atoms in total. The number of hydrogen-bond donors (Lipinski definition) is 2. The topological polar surface area (TPSA) is 70.9 Å². The molecule has 6 heteroatoms. The van der Waals surface area contributed by atoms with Gasteiger partial charge in [0.05, 0.1) is 11.1 Å². The normalized spacial score (nSPS) is 13.6. The van der Waals surface area contributed by atoms with Crippen molar-refractivity contribution < 1.29 is 5.11 Å². The molecule has 0 saturated carbocycles. The highest BCUT2D eigenvalue weighted by atomic mass is 32.2. The summed E-state index contributed by atoms with van der Waals surface area (Å²) in [4.78, 5) is 13.3. The summed E-state index contributed by atoms with van der Waals surface area (Å²) in [6.45, 7) is 2.24. The van der Waals surface area contributed by atoms with Gasteiger partial charge in [-0.15, -0.1) is 0 Å². The van der Waals surface area contributed by atoms with E-state index in [0.29, 0.717) is 18.1 Å². The van der Waals surface area contributed by atoms with E-state index < -0.39 is 5.60 Å². The Morgan fingerprint density at radius 3 is 2.62 bits per heavy atom. The summed E-state index contributed by atoms with van der Waals surface area (Å²) in [7, 11) is 0. The molecule has 0 saturated heterocycles. The number of para-hydroxylation sites is 1. The number of aliphatic hydroxyl groups is 1. The van der Waals surface area contributed by atoms with Crippen LogP contribution in [0.5, 0.6) is 0 Å². The Hall–Kier alpha value is -2.18. The van der Waals surface area contributed by atoms with E-state index in [4.69, 9.17) is 0 Å². The lowest BCUT2D eigenvalue weighted by Crippen LogP contribution is -2.36. The van der Waals surface area contributed by atoms with Gasteiger partial charge >= 0.3 is 0 Å². The van der Waals surface area contributed by atoms with Crippen molar-refractivity contribution in [2.24, 2.45) is 0 Å². The standard InChI is InChI=1S/C18H20N4OS/c1-18(23,12-24-2)11-20-17-14-5-3-4-6-15(14)21-16(22-17)13-7-9-19-10-8-13/h3-10,23H,11-12H2,1-2H3,(H,20,21,22). The van der Waals surface area contributed by atoms with Gasteiger partial charge in [-0.25, -0.2) is 9.97 Å². The summed E-state index contributed by atoms with van der Waals surface area (Å²) in [5.41, 5.74) is 0.975. The first-order chi connectivity index (χ1) is 11.6. The number of anilines is 1. The van der Waals surface area contributed by atoms with Crippen LogP contribution in [0.4, 0.5) is 5.82 Å². The zero-order chi connectivity index (χ0) is 17.0. The Labute approximate surface area is 145 Å². The molecule has 24 heavy (non-hydrogen) atoms. The molecule has 2 N–H and O–H groups in total. The third-order valence-corrected chi connectivity index (χ3v) is 4.54. The number of thioether (sulfide) groups is 1. The van der Waals surface area contributed by atoms with Gasteiger partial charge in [-0.2, -0.15) is 11.8 Å². The molecule has 3 aromatic rings. The van der Waals surface area contributed by atoms with Crippen LogP contribution in [0.1, 0.15) is 6.92 Å². The fourth-order valence-electron chi connectivity index (χ4n) is 2.48. The summed E-state index contributed by atoms with van der Waals surface area (Å²) in [6.07, 6.45) is 5.44. The molecule has 0 fully saturated rings. The van der Waals surface area contributed by atoms with Gasteiger partial charge in [0.2, 0.25) is 0 Å². The molecule has 0 spiro atoms. The van der Waals surface area contributed by atoms with Crippen molar-refractivity contribution in [3.63, 3.8) is 0 Å². The zero-order valence-corrected chi connectivity index (χ0v) is 14.5. The van der Waals surface area contributed by atoms with Crippen molar-refractivity contribution in [3.8, 4) is 11.4 Å². The van der Waals surface area contributed by atoms with Gasteiger partial charge in [-0.3, -0.25) is 4.98 Å². The highest BCUT2D eigenvalue weighted by molar-refractivity contribution is 7.98. The molecule has 2 heterocycles. The first-order valence-corrected chi connectivity index (χ1v) is 9.11. The third-order valence-electron chi connectivity index (χ3n) is 3.63. The maximum Gasteiger partial charge on any atom is 0.162 e. The molecular weight excluding hydrogens is 320 g/mol. The van der Waals surface area contributed by atoms with Crippen molar-refractivity contribution in [1.82, 2.24) is 15.0 Å². The highest BCUT2D eigenvalue weighted by Crippen LogP contribution is 2.25. The molecule has 124 valence electrons. The lowest BCUT2D eigenvalue weighted by Gasteiger charge is -2.23. The number of rotatable bonds is 6. The number of hydrogen-bond acceptors (Lipinski definition) is 6. The van der Waals surface area contributed by atoms with Crippen molar-refractivity contribution >= 4 is 28.5 Å². The van der Waals surface area contributed by atoms with Crippen LogP contribution >= 0.6 is 11.8 Å². The minimum atomic E-state index is -0.803. The van der Waals surface area contributed by atoms with E-state index in [-0.39, 0.29) is 0 Å².